The van der Waals surface area contributed by atoms with Gasteiger partial charge < -0.3 is 9.47 Å². The van der Waals surface area contributed by atoms with Crippen LogP contribution in [0.5, 0.6) is 0 Å². The van der Waals surface area contributed by atoms with Crippen molar-refractivity contribution in [3.63, 3.8) is 0 Å². The number of thiazole rings is 1. The van der Waals surface area contributed by atoms with Gasteiger partial charge in [0.1, 0.15) is 6.61 Å². The number of nitrogens with zero attached hydrogens (tertiary/aromatic N) is 1. The highest BCUT2D eigenvalue weighted by Crippen LogP contribution is 2.32. The maximum atomic E-state index is 11.6. The molecule has 0 radical (unpaired) electrons. The van der Waals surface area contributed by atoms with Gasteiger partial charge in [-0.15, -0.1) is 22.7 Å². The number of carbonyl (C=O) groups is 1. The molecule has 0 aromatic carbocycles. The molecule has 0 aliphatic rings. The van der Waals surface area contributed by atoms with E-state index in [1.165, 1.54) is 22.7 Å². The molecular formula is C12H13ClN2O3S2. The van der Waals surface area contributed by atoms with Gasteiger partial charge in [-0.3, -0.25) is 10.1 Å². The molecule has 0 spiro atoms. The Morgan fingerprint density at radius 3 is 3.00 bits per heavy atom. The Hall–Kier alpha value is -0.990. The van der Waals surface area contributed by atoms with Gasteiger partial charge in [-0.25, -0.2) is 4.98 Å². The number of hydrogen-bond donors (Lipinski definition) is 1. The van der Waals surface area contributed by atoms with Gasteiger partial charge in [0.25, 0.3) is 5.91 Å². The quantitative estimate of drug-likeness (QED) is 0.791. The Balaban J connectivity index is 1.85. The Morgan fingerprint density at radius 1 is 1.45 bits per heavy atom. The van der Waals surface area contributed by atoms with E-state index in [1.807, 2.05) is 17.5 Å². The van der Waals surface area contributed by atoms with Crippen molar-refractivity contribution in [1.29, 1.82) is 0 Å². The van der Waals surface area contributed by atoms with Crippen molar-refractivity contribution in [3.8, 4) is 10.6 Å². The van der Waals surface area contributed by atoms with Crippen LogP contribution < -0.4 is 5.32 Å². The van der Waals surface area contributed by atoms with Crippen molar-refractivity contribution in [2.75, 3.05) is 32.2 Å². The minimum absolute atomic E-state index is 0.0108. The van der Waals surface area contributed by atoms with E-state index in [-0.39, 0.29) is 12.5 Å². The molecule has 0 fully saturated rings. The smallest absolute Gasteiger partial charge is 0.252 e. The molecule has 2 heterocycles. The lowest BCUT2D eigenvalue weighted by Crippen LogP contribution is -2.19. The first-order chi connectivity index (χ1) is 9.69. The molecule has 2 rings (SSSR count). The average molecular weight is 333 g/mol. The van der Waals surface area contributed by atoms with Gasteiger partial charge in [0.15, 0.2) is 5.13 Å². The molecule has 0 aliphatic carbocycles. The van der Waals surface area contributed by atoms with Crippen molar-refractivity contribution in [2.24, 2.45) is 0 Å². The van der Waals surface area contributed by atoms with Crippen LogP contribution in [0.4, 0.5) is 5.13 Å². The molecule has 108 valence electrons. The number of anilines is 1. The predicted molar refractivity (Wildman–Crippen MR) is 81.8 cm³/mol. The highest BCUT2D eigenvalue weighted by atomic mass is 35.5. The summed E-state index contributed by atoms with van der Waals surface area (Å²) in [5, 5.41) is 5.11. The van der Waals surface area contributed by atoms with Crippen LogP contribution in [0.25, 0.3) is 10.6 Å². The number of thiophene rings is 1. The number of halogens is 1. The summed E-state index contributed by atoms with van der Waals surface area (Å²) in [6.45, 7) is 0.845. The zero-order valence-corrected chi connectivity index (χ0v) is 13.1. The SMILES string of the molecule is COCCOCC(=O)Nc1nc(-c2ccc(Cl)s2)cs1. The van der Waals surface area contributed by atoms with Crippen LogP contribution in [0.1, 0.15) is 0 Å². The van der Waals surface area contributed by atoms with Crippen molar-refractivity contribution >= 4 is 45.3 Å². The number of methoxy groups -OCH3 is 1. The van der Waals surface area contributed by atoms with Gasteiger partial charge in [-0.2, -0.15) is 0 Å². The van der Waals surface area contributed by atoms with Crippen LogP contribution in [0.2, 0.25) is 4.34 Å². The number of amides is 1. The third-order valence-corrected chi connectivity index (χ3v) is 4.25. The minimum atomic E-state index is -0.230. The summed E-state index contributed by atoms with van der Waals surface area (Å²) in [5.41, 5.74) is 0.808. The van der Waals surface area contributed by atoms with E-state index in [9.17, 15) is 4.79 Å². The molecule has 0 atom stereocenters. The second-order valence-corrected chi connectivity index (χ2v) is 6.31. The summed E-state index contributed by atoms with van der Waals surface area (Å²) >= 11 is 8.70. The monoisotopic (exact) mass is 332 g/mol. The number of hydrogen-bond acceptors (Lipinski definition) is 6. The summed E-state index contributed by atoms with van der Waals surface area (Å²) in [4.78, 5) is 16.9. The number of nitrogens with one attached hydrogen (secondary N) is 1. The molecule has 0 aliphatic heterocycles. The summed E-state index contributed by atoms with van der Waals surface area (Å²) < 4.78 is 10.7. The van der Waals surface area contributed by atoms with Crippen LogP contribution in [-0.2, 0) is 14.3 Å². The third kappa shape index (κ3) is 4.53. The van der Waals surface area contributed by atoms with Gasteiger partial charge in [0.05, 0.1) is 28.1 Å². The topological polar surface area (TPSA) is 60.5 Å². The fourth-order valence-corrected chi connectivity index (χ4v) is 3.16. The predicted octanol–water partition coefficient (Wildman–Crippen LogP) is 3.13. The first-order valence-corrected chi connectivity index (χ1v) is 7.84. The number of rotatable bonds is 7. The summed E-state index contributed by atoms with van der Waals surface area (Å²) in [6.07, 6.45) is 0. The fourth-order valence-electron chi connectivity index (χ4n) is 1.36. The lowest BCUT2D eigenvalue weighted by Gasteiger charge is -2.03. The van der Waals surface area contributed by atoms with E-state index >= 15 is 0 Å². The van der Waals surface area contributed by atoms with Gasteiger partial charge >= 0.3 is 0 Å². The van der Waals surface area contributed by atoms with E-state index in [1.54, 1.807) is 7.11 Å². The maximum absolute atomic E-state index is 11.6. The molecule has 2 aromatic rings. The lowest BCUT2D eigenvalue weighted by atomic mass is 10.4. The second kappa shape index (κ2) is 7.70. The zero-order chi connectivity index (χ0) is 14.4. The molecule has 0 bridgehead atoms. The van der Waals surface area contributed by atoms with E-state index < -0.39 is 0 Å². The molecule has 0 saturated heterocycles. The molecule has 20 heavy (non-hydrogen) atoms. The maximum Gasteiger partial charge on any atom is 0.252 e. The van der Waals surface area contributed by atoms with Crippen LogP contribution in [0.15, 0.2) is 17.5 Å². The van der Waals surface area contributed by atoms with Crippen molar-refractivity contribution < 1.29 is 14.3 Å². The van der Waals surface area contributed by atoms with Crippen LogP contribution >= 0.6 is 34.3 Å². The van der Waals surface area contributed by atoms with E-state index in [2.05, 4.69) is 10.3 Å². The molecular weight excluding hydrogens is 320 g/mol. The zero-order valence-electron chi connectivity index (χ0n) is 10.7. The first kappa shape index (κ1) is 15.4. The first-order valence-electron chi connectivity index (χ1n) is 5.77. The Bertz CT molecular complexity index is 571. The van der Waals surface area contributed by atoms with Gasteiger partial charge in [-0.05, 0) is 12.1 Å². The average Bonchev–Trinajstić information content (AvgIpc) is 3.04. The van der Waals surface area contributed by atoms with Crippen LogP contribution in [-0.4, -0.2) is 37.8 Å². The molecule has 8 heteroatoms. The molecule has 1 amide bonds. The summed E-state index contributed by atoms with van der Waals surface area (Å²) in [7, 11) is 1.58. The van der Waals surface area contributed by atoms with Gasteiger partial charge in [0.2, 0.25) is 0 Å². The third-order valence-electron chi connectivity index (χ3n) is 2.24. The van der Waals surface area contributed by atoms with Crippen molar-refractivity contribution in [3.05, 3.63) is 21.8 Å². The molecule has 0 saturated carbocycles. The Labute approximate surface area is 129 Å². The summed E-state index contributed by atoms with van der Waals surface area (Å²) in [5.74, 6) is -0.230. The second-order valence-electron chi connectivity index (χ2n) is 3.74. The Kier molecular flexibility index (Phi) is 5.93. The van der Waals surface area contributed by atoms with Gasteiger partial charge in [0, 0.05) is 12.5 Å². The van der Waals surface area contributed by atoms with E-state index in [4.69, 9.17) is 21.1 Å². The van der Waals surface area contributed by atoms with E-state index in [0.29, 0.717) is 22.7 Å². The van der Waals surface area contributed by atoms with Crippen molar-refractivity contribution in [1.82, 2.24) is 4.98 Å². The largest absolute Gasteiger partial charge is 0.382 e. The normalized spacial score (nSPS) is 10.7. The Morgan fingerprint density at radius 2 is 2.30 bits per heavy atom. The van der Waals surface area contributed by atoms with Crippen LogP contribution in [0.3, 0.4) is 0 Å². The van der Waals surface area contributed by atoms with Crippen molar-refractivity contribution in [2.45, 2.75) is 0 Å². The highest BCUT2D eigenvalue weighted by Gasteiger charge is 2.09. The molecule has 5 nitrogen and oxygen atoms in total. The standard InChI is InChI=1S/C12H13ClN2O3S2/c1-17-4-5-18-6-11(16)15-12-14-8(7-19-12)9-2-3-10(13)20-9/h2-3,7H,4-6H2,1H3,(H,14,15,16). The molecule has 2 aromatic heterocycles. The fraction of sp³-hybridized carbons (Fsp3) is 0.333. The highest BCUT2D eigenvalue weighted by molar-refractivity contribution is 7.20. The number of carbonyl (C=O) groups excluding carboxylic acids is 1. The molecule has 1 N–H and O–H groups in total. The lowest BCUT2D eigenvalue weighted by molar-refractivity contribution is -0.121. The van der Waals surface area contributed by atoms with E-state index in [0.717, 1.165) is 10.6 Å². The number of ether oxygens (including phenoxy) is 2. The molecule has 0 unspecified atom stereocenters. The van der Waals surface area contributed by atoms with Gasteiger partial charge in [-0.1, -0.05) is 11.6 Å². The minimum Gasteiger partial charge on any atom is -0.382 e. The summed E-state index contributed by atoms with van der Waals surface area (Å²) in [6, 6.07) is 3.73. The number of aromatic nitrogens is 1. The van der Waals surface area contributed by atoms with Crippen LogP contribution in [0, 0.1) is 0 Å².